The molecule has 0 aromatic heterocycles. The van der Waals surface area contributed by atoms with Crippen LogP contribution in [-0.2, 0) is 4.84 Å². The Labute approximate surface area is 98.5 Å². The van der Waals surface area contributed by atoms with Gasteiger partial charge in [-0.1, -0.05) is 64.7 Å². The lowest BCUT2D eigenvalue weighted by Gasteiger charge is -2.01. The summed E-state index contributed by atoms with van der Waals surface area (Å²) >= 11 is 0. The molecule has 0 saturated carbocycles. The van der Waals surface area contributed by atoms with E-state index in [1.807, 2.05) is 0 Å². The zero-order valence-corrected chi connectivity index (χ0v) is 10.5. The Morgan fingerprint density at radius 3 is 1.75 bits per heavy atom. The van der Waals surface area contributed by atoms with Crippen molar-refractivity contribution in [2.75, 3.05) is 6.61 Å². The first-order valence-electron chi connectivity index (χ1n) is 6.54. The van der Waals surface area contributed by atoms with Crippen LogP contribution in [0.25, 0.3) is 0 Å². The second-order valence-corrected chi connectivity index (χ2v) is 4.24. The van der Waals surface area contributed by atoms with Gasteiger partial charge in [-0.2, -0.15) is 0 Å². The first-order chi connectivity index (χ1) is 7.77. The molecule has 0 heterocycles. The summed E-state index contributed by atoms with van der Waals surface area (Å²) in [6, 6.07) is 0. The maximum atomic E-state index is 9.84. The Morgan fingerprint density at radius 1 is 0.875 bits per heavy atom. The summed E-state index contributed by atoms with van der Waals surface area (Å²) in [6.45, 7) is 2.48. The predicted molar refractivity (Wildman–Crippen MR) is 64.8 cm³/mol. The second-order valence-electron chi connectivity index (χ2n) is 4.24. The zero-order valence-electron chi connectivity index (χ0n) is 10.5. The van der Waals surface area contributed by atoms with E-state index in [0.717, 1.165) is 12.8 Å². The first-order valence-corrected chi connectivity index (χ1v) is 6.54. The Kier molecular flexibility index (Phi) is 11.7. The molecule has 96 valence electrons. The molecule has 0 saturated heterocycles. The van der Waals surface area contributed by atoms with Gasteiger partial charge in [-0.15, -0.1) is 10.1 Å². The Morgan fingerprint density at radius 2 is 1.31 bits per heavy atom. The summed E-state index contributed by atoms with van der Waals surface area (Å²) < 4.78 is 0. The van der Waals surface area contributed by atoms with Gasteiger partial charge in [-0.3, -0.25) is 0 Å². The van der Waals surface area contributed by atoms with E-state index in [0.29, 0.717) is 0 Å². The van der Waals surface area contributed by atoms with E-state index < -0.39 is 5.09 Å². The fourth-order valence-corrected chi connectivity index (χ4v) is 1.73. The summed E-state index contributed by atoms with van der Waals surface area (Å²) in [5, 5.41) is 9.13. The largest absolute Gasteiger partial charge is 0.314 e. The van der Waals surface area contributed by atoms with Gasteiger partial charge in [0.25, 0.3) is 5.09 Å². The van der Waals surface area contributed by atoms with Crippen molar-refractivity contribution in [1.82, 2.24) is 0 Å². The molecule has 0 amide bonds. The highest BCUT2D eigenvalue weighted by atomic mass is 16.9. The third-order valence-electron chi connectivity index (χ3n) is 2.69. The average molecular weight is 231 g/mol. The fourth-order valence-electron chi connectivity index (χ4n) is 1.73. The van der Waals surface area contributed by atoms with Gasteiger partial charge in [0.2, 0.25) is 0 Å². The monoisotopic (exact) mass is 231 g/mol. The molecule has 0 N–H and O–H groups in total. The van der Waals surface area contributed by atoms with Crippen LogP contribution >= 0.6 is 0 Å². The van der Waals surface area contributed by atoms with Crippen molar-refractivity contribution in [3.8, 4) is 0 Å². The molecule has 0 aliphatic carbocycles. The Bertz CT molecular complexity index is 162. The fraction of sp³-hybridized carbons (Fsp3) is 1.00. The van der Waals surface area contributed by atoms with Crippen molar-refractivity contribution >= 4 is 0 Å². The second kappa shape index (κ2) is 12.3. The molecular weight excluding hydrogens is 206 g/mol. The summed E-state index contributed by atoms with van der Waals surface area (Å²) in [5.41, 5.74) is 0. The highest BCUT2D eigenvalue weighted by Gasteiger charge is 1.95. The van der Waals surface area contributed by atoms with Gasteiger partial charge < -0.3 is 4.84 Å². The number of unbranched alkanes of at least 4 members (excludes halogenated alkanes) is 9. The molecule has 0 aromatic carbocycles. The molecule has 0 unspecified atom stereocenters. The van der Waals surface area contributed by atoms with Gasteiger partial charge in [0.1, 0.15) is 0 Å². The summed E-state index contributed by atoms with van der Waals surface area (Å²) in [5.74, 6) is 0. The topological polar surface area (TPSA) is 52.4 Å². The molecule has 16 heavy (non-hydrogen) atoms. The van der Waals surface area contributed by atoms with Crippen molar-refractivity contribution in [2.24, 2.45) is 0 Å². The molecule has 4 nitrogen and oxygen atoms in total. The Hall–Kier alpha value is -0.800. The van der Waals surface area contributed by atoms with Gasteiger partial charge in [-0.25, -0.2) is 0 Å². The minimum atomic E-state index is -0.715. The van der Waals surface area contributed by atoms with Crippen molar-refractivity contribution in [3.05, 3.63) is 10.1 Å². The third-order valence-corrected chi connectivity index (χ3v) is 2.69. The number of rotatable bonds is 12. The minimum absolute atomic E-state index is 0.253. The molecule has 0 spiro atoms. The maximum absolute atomic E-state index is 9.84. The molecule has 0 fully saturated rings. The summed E-state index contributed by atoms with van der Waals surface area (Å²) in [6.07, 6.45) is 12.3. The van der Waals surface area contributed by atoms with Gasteiger partial charge in [0.15, 0.2) is 0 Å². The lowest BCUT2D eigenvalue weighted by Crippen LogP contribution is -2.01. The van der Waals surface area contributed by atoms with Crippen molar-refractivity contribution in [1.29, 1.82) is 0 Å². The molecule has 0 aliphatic rings. The van der Waals surface area contributed by atoms with Crippen LogP contribution in [0.5, 0.6) is 0 Å². The van der Waals surface area contributed by atoms with Gasteiger partial charge in [0, 0.05) is 0 Å². The van der Waals surface area contributed by atoms with Crippen LogP contribution in [0.2, 0.25) is 0 Å². The van der Waals surface area contributed by atoms with E-state index in [-0.39, 0.29) is 6.61 Å². The van der Waals surface area contributed by atoms with Crippen LogP contribution in [0.3, 0.4) is 0 Å². The van der Waals surface area contributed by atoms with Crippen LogP contribution in [-0.4, -0.2) is 11.7 Å². The van der Waals surface area contributed by atoms with Crippen LogP contribution < -0.4 is 0 Å². The molecule has 0 rings (SSSR count). The van der Waals surface area contributed by atoms with Gasteiger partial charge in [-0.05, 0) is 6.42 Å². The van der Waals surface area contributed by atoms with Crippen molar-refractivity contribution in [3.63, 3.8) is 0 Å². The number of hydrogen-bond donors (Lipinski definition) is 0. The number of hydrogen-bond acceptors (Lipinski definition) is 3. The van der Waals surface area contributed by atoms with Gasteiger partial charge >= 0.3 is 0 Å². The van der Waals surface area contributed by atoms with E-state index in [9.17, 15) is 10.1 Å². The molecule has 4 heteroatoms. The van der Waals surface area contributed by atoms with E-state index in [1.54, 1.807) is 0 Å². The highest BCUT2D eigenvalue weighted by Crippen LogP contribution is 2.10. The molecule has 0 aromatic rings. The first kappa shape index (κ1) is 15.2. The molecular formula is C12H25NO3. The van der Waals surface area contributed by atoms with Crippen LogP contribution in [0, 0.1) is 10.1 Å². The minimum Gasteiger partial charge on any atom is -0.314 e. The van der Waals surface area contributed by atoms with E-state index in [4.69, 9.17) is 0 Å². The standard InChI is InChI=1S/C12H25NO3/c1-2-3-4-5-6-7-8-9-10-11-12-16-13(14)15/h2-12H2,1H3. The Balaban J connectivity index is 2.90. The zero-order chi connectivity index (χ0) is 12.1. The summed E-state index contributed by atoms with van der Waals surface area (Å²) in [7, 11) is 0. The van der Waals surface area contributed by atoms with Crippen LogP contribution in [0.1, 0.15) is 71.1 Å². The molecule has 0 aliphatic heterocycles. The molecule has 0 bridgehead atoms. The number of nitrogens with zero attached hydrogens (tertiary/aromatic N) is 1. The lowest BCUT2D eigenvalue weighted by atomic mass is 10.1. The van der Waals surface area contributed by atoms with Crippen molar-refractivity contribution < 1.29 is 9.92 Å². The molecule has 0 atom stereocenters. The van der Waals surface area contributed by atoms with E-state index in [2.05, 4.69) is 11.8 Å². The van der Waals surface area contributed by atoms with E-state index in [1.165, 1.54) is 51.4 Å². The normalized spacial score (nSPS) is 10.3. The third kappa shape index (κ3) is 13.2. The smallest absolute Gasteiger partial charge is 0.294 e. The highest BCUT2D eigenvalue weighted by molar-refractivity contribution is 4.46. The SMILES string of the molecule is CCCCCCCCCCCCO[N+](=O)[O-]. The van der Waals surface area contributed by atoms with Gasteiger partial charge in [0.05, 0.1) is 6.61 Å². The van der Waals surface area contributed by atoms with Crippen LogP contribution in [0.15, 0.2) is 0 Å². The average Bonchev–Trinajstić information content (AvgIpc) is 2.25. The maximum Gasteiger partial charge on any atom is 0.294 e. The van der Waals surface area contributed by atoms with Crippen LogP contribution in [0.4, 0.5) is 0 Å². The van der Waals surface area contributed by atoms with E-state index >= 15 is 0 Å². The van der Waals surface area contributed by atoms with Crippen molar-refractivity contribution in [2.45, 2.75) is 71.1 Å². The lowest BCUT2D eigenvalue weighted by molar-refractivity contribution is -0.757. The molecule has 0 radical (unpaired) electrons. The summed E-state index contributed by atoms with van der Waals surface area (Å²) in [4.78, 5) is 14.1. The quantitative estimate of drug-likeness (QED) is 0.288. The predicted octanol–water partition coefficient (Wildman–Crippen LogP) is 4.12.